The third-order valence-corrected chi connectivity index (χ3v) is 2.45. The number of benzene rings is 1. The number of allylic oxidation sites excluding steroid dienone is 1. The Kier molecular flexibility index (Phi) is 3.49. The molecule has 0 aromatic heterocycles. The number of hydrogen-bond acceptors (Lipinski definition) is 2. The molecule has 1 heterocycles. The zero-order valence-corrected chi connectivity index (χ0v) is 9.02. The molecule has 1 aromatic rings. The van der Waals surface area contributed by atoms with Gasteiger partial charge in [0.15, 0.2) is 0 Å². The van der Waals surface area contributed by atoms with E-state index in [-0.39, 0.29) is 5.91 Å². The minimum atomic E-state index is -0.0132. The van der Waals surface area contributed by atoms with E-state index in [9.17, 15) is 4.79 Å². The largest absolute Gasteiger partial charge is 0.348 e. The summed E-state index contributed by atoms with van der Waals surface area (Å²) in [4.78, 5) is 15.8. The van der Waals surface area contributed by atoms with Gasteiger partial charge in [-0.25, -0.2) is 0 Å². The number of hydrogen-bond donors (Lipinski definition) is 1. The number of rotatable bonds is 3. The van der Waals surface area contributed by atoms with Gasteiger partial charge in [-0.05, 0) is 5.56 Å². The van der Waals surface area contributed by atoms with Gasteiger partial charge in [-0.15, -0.1) is 0 Å². The van der Waals surface area contributed by atoms with Crippen molar-refractivity contribution in [1.82, 2.24) is 5.32 Å². The Morgan fingerprint density at radius 3 is 2.81 bits per heavy atom. The third-order valence-electron chi connectivity index (χ3n) is 2.45. The van der Waals surface area contributed by atoms with Gasteiger partial charge < -0.3 is 5.32 Å². The maximum Gasteiger partial charge on any atom is 0.249 e. The SMILES string of the molecule is O=C(NCc1ccccc1)C1=CCC=NC1. The van der Waals surface area contributed by atoms with Crippen LogP contribution < -0.4 is 5.32 Å². The first-order valence-corrected chi connectivity index (χ1v) is 5.36. The molecule has 1 aromatic carbocycles. The minimum Gasteiger partial charge on any atom is -0.348 e. The highest BCUT2D eigenvalue weighted by atomic mass is 16.1. The quantitative estimate of drug-likeness (QED) is 0.817. The normalized spacial score (nSPS) is 14.4. The molecule has 1 aliphatic heterocycles. The van der Waals surface area contributed by atoms with Crippen molar-refractivity contribution < 1.29 is 4.79 Å². The van der Waals surface area contributed by atoms with E-state index >= 15 is 0 Å². The second-order valence-corrected chi connectivity index (χ2v) is 3.66. The van der Waals surface area contributed by atoms with Crippen LogP contribution in [0, 0.1) is 0 Å². The van der Waals surface area contributed by atoms with Gasteiger partial charge in [-0.1, -0.05) is 36.4 Å². The van der Waals surface area contributed by atoms with E-state index in [0.29, 0.717) is 13.1 Å². The van der Waals surface area contributed by atoms with Gasteiger partial charge in [0.1, 0.15) is 0 Å². The highest BCUT2D eigenvalue weighted by molar-refractivity contribution is 5.95. The van der Waals surface area contributed by atoms with E-state index in [4.69, 9.17) is 0 Å². The second kappa shape index (κ2) is 5.26. The lowest BCUT2D eigenvalue weighted by atomic mass is 10.1. The molecule has 0 saturated heterocycles. The highest BCUT2D eigenvalue weighted by Crippen LogP contribution is 2.03. The van der Waals surface area contributed by atoms with Crippen LogP contribution in [0.25, 0.3) is 0 Å². The first kappa shape index (κ1) is 10.6. The van der Waals surface area contributed by atoms with Crippen molar-refractivity contribution in [3.63, 3.8) is 0 Å². The summed E-state index contributed by atoms with van der Waals surface area (Å²) in [6.45, 7) is 1.07. The molecular formula is C13H14N2O. The molecule has 82 valence electrons. The van der Waals surface area contributed by atoms with Crippen molar-refractivity contribution in [2.45, 2.75) is 13.0 Å². The first-order valence-electron chi connectivity index (χ1n) is 5.36. The summed E-state index contributed by atoms with van der Waals surface area (Å²) >= 11 is 0. The smallest absolute Gasteiger partial charge is 0.249 e. The Hall–Kier alpha value is -1.90. The summed E-state index contributed by atoms with van der Waals surface area (Å²) in [6.07, 6.45) is 4.51. The van der Waals surface area contributed by atoms with Gasteiger partial charge in [0, 0.05) is 24.8 Å². The summed E-state index contributed by atoms with van der Waals surface area (Å²) in [7, 11) is 0. The fourth-order valence-electron chi connectivity index (χ4n) is 1.55. The Morgan fingerprint density at radius 1 is 1.31 bits per heavy atom. The molecule has 1 aliphatic rings. The zero-order chi connectivity index (χ0) is 11.2. The van der Waals surface area contributed by atoms with E-state index in [2.05, 4.69) is 10.3 Å². The fraction of sp³-hybridized carbons (Fsp3) is 0.231. The molecule has 3 nitrogen and oxygen atoms in total. The number of nitrogens with zero attached hydrogens (tertiary/aromatic N) is 1. The number of nitrogens with one attached hydrogen (secondary N) is 1. The van der Waals surface area contributed by atoms with Gasteiger partial charge >= 0.3 is 0 Å². The van der Waals surface area contributed by atoms with Gasteiger partial charge in [0.2, 0.25) is 5.91 Å². The first-order chi connectivity index (χ1) is 7.86. The van der Waals surface area contributed by atoms with Gasteiger partial charge in [0.05, 0.1) is 6.54 Å². The molecule has 3 heteroatoms. The van der Waals surface area contributed by atoms with Crippen LogP contribution in [0.5, 0.6) is 0 Å². The third kappa shape index (κ3) is 2.79. The van der Waals surface area contributed by atoms with E-state index in [1.807, 2.05) is 42.6 Å². The van der Waals surface area contributed by atoms with Crippen LogP contribution in [-0.4, -0.2) is 18.7 Å². The molecule has 0 radical (unpaired) electrons. The molecule has 0 aliphatic carbocycles. The van der Waals surface area contributed by atoms with Crippen LogP contribution in [0.3, 0.4) is 0 Å². The molecular weight excluding hydrogens is 200 g/mol. The predicted octanol–water partition coefficient (Wildman–Crippen LogP) is 1.70. The highest BCUT2D eigenvalue weighted by Gasteiger charge is 2.09. The summed E-state index contributed by atoms with van der Waals surface area (Å²) < 4.78 is 0. The van der Waals surface area contributed by atoms with Crippen molar-refractivity contribution in [2.75, 3.05) is 6.54 Å². The summed E-state index contributed by atoms with van der Waals surface area (Å²) in [5.41, 5.74) is 1.87. The van der Waals surface area contributed by atoms with Crippen molar-refractivity contribution in [3.05, 3.63) is 47.5 Å². The van der Waals surface area contributed by atoms with Crippen LogP contribution in [0.15, 0.2) is 47.0 Å². The topological polar surface area (TPSA) is 41.5 Å². The molecule has 1 N–H and O–H groups in total. The zero-order valence-electron chi connectivity index (χ0n) is 9.02. The Balaban J connectivity index is 1.87. The Bertz CT molecular complexity index is 421. The fourth-order valence-corrected chi connectivity index (χ4v) is 1.55. The molecule has 16 heavy (non-hydrogen) atoms. The molecule has 0 atom stereocenters. The van der Waals surface area contributed by atoms with Gasteiger partial charge in [0.25, 0.3) is 0 Å². The van der Waals surface area contributed by atoms with Gasteiger partial charge in [-0.3, -0.25) is 9.79 Å². The number of aliphatic imine (C=N–C) groups is 1. The van der Waals surface area contributed by atoms with E-state index in [1.54, 1.807) is 0 Å². The number of carbonyl (C=O) groups excluding carboxylic acids is 1. The van der Waals surface area contributed by atoms with E-state index in [1.165, 1.54) is 0 Å². The predicted molar refractivity (Wildman–Crippen MR) is 64.3 cm³/mol. The van der Waals surface area contributed by atoms with Crippen molar-refractivity contribution in [3.8, 4) is 0 Å². The van der Waals surface area contributed by atoms with Crippen molar-refractivity contribution in [2.24, 2.45) is 4.99 Å². The monoisotopic (exact) mass is 214 g/mol. The molecule has 2 rings (SSSR count). The Morgan fingerprint density at radius 2 is 2.12 bits per heavy atom. The van der Waals surface area contributed by atoms with Crippen LogP contribution in [0.4, 0.5) is 0 Å². The summed E-state index contributed by atoms with van der Waals surface area (Å²) in [5, 5.41) is 2.89. The van der Waals surface area contributed by atoms with E-state index in [0.717, 1.165) is 17.6 Å². The van der Waals surface area contributed by atoms with Crippen molar-refractivity contribution in [1.29, 1.82) is 0 Å². The summed E-state index contributed by atoms with van der Waals surface area (Å²) in [6, 6.07) is 9.88. The standard InChI is InChI=1S/C13H14N2O/c16-13(12-7-4-8-14-10-12)15-9-11-5-2-1-3-6-11/h1-3,5-8H,4,9-10H2,(H,15,16). The average molecular weight is 214 g/mol. The lowest BCUT2D eigenvalue weighted by molar-refractivity contribution is -0.117. The number of amides is 1. The molecule has 0 fully saturated rings. The van der Waals surface area contributed by atoms with Crippen LogP contribution >= 0.6 is 0 Å². The van der Waals surface area contributed by atoms with E-state index < -0.39 is 0 Å². The molecule has 1 amide bonds. The van der Waals surface area contributed by atoms with Crippen LogP contribution in [-0.2, 0) is 11.3 Å². The lowest BCUT2D eigenvalue weighted by Gasteiger charge is -2.09. The van der Waals surface area contributed by atoms with Crippen molar-refractivity contribution >= 4 is 12.1 Å². The maximum atomic E-state index is 11.7. The van der Waals surface area contributed by atoms with Crippen LogP contribution in [0.1, 0.15) is 12.0 Å². The molecule has 0 bridgehead atoms. The maximum absolute atomic E-state index is 11.7. The average Bonchev–Trinajstić information content (AvgIpc) is 2.38. The molecule has 0 saturated carbocycles. The molecule has 0 spiro atoms. The second-order valence-electron chi connectivity index (χ2n) is 3.66. The lowest BCUT2D eigenvalue weighted by Crippen LogP contribution is -2.26. The van der Waals surface area contributed by atoms with Crippen LogP contribution in [0.2, 0.25) is 0 Å². The van der Waals surface area contributed by atoms with Gasteiger partial charge in [-0.2, -0.15) is 0 Å². The Labute approximate surface area is 94.9 Å². The number of dihydropyridines is 1. The number of carbonyl (C=O) groups is 1. The molecule has 0 unspecified atom stereocenters. The minimum absolute atomic E-state index is 0.0132. The summed E-state index contributed by atoms with van der Waals surface area (Å²) in [5.74, 6) is -0.0132.